The molecule has 0 aliphatic rings. The van der Waals surface area contributed by atoms with E-state index in [9.17, 15) is 14.5 Å². The third-order valence-corrected chi connectivity index (χ3v) is 1.58. The van der Waals surface area contributed by atoms with Gasteiger partial charge in [-0.15, -0.1) is 0 Å². The first-order valence-electron chi connectivity index (χ1n) is 3.43. The lowest BCUT2D eigenvalue weighted by Gasteiger charge is -1.99. The van der Waals surface area contributed by atoms with Crippen LogP contribution in [0.25, 0.3) is 0 Å². The number of rotatable bonds is 1. The Kier molecular flexibility index (Phi) is 2.08. The molecule has 1 rings (SSSR count). The highest BCUT2D eigenvalue weighted by Gasteiger charge is 2.17. The van der Waals surface area contributed by atoms with Gasteiger partial charge in [0.05, 0.1) is 4.92 Å². The van der Waals surface area contributed by atoms with Crippen molar-refractivity contribution in [2.75, 3.05) is 0 Å². The molecule has 12 heavy (non-hydrogen) atoms. The molecule has 0 amide bonds. The molecule has 0 aromatic heterocycles. The van der Waals surface area contributed by atoms with Crippen LogP contribution in [0.15, 0.2) is 12.1 Å². The van der Waals surface area contributed by atoms with Crippen molar-refractivity contribution in [3.63, 3.8) is 0 Å². The lowest BCUT2D eigenvalue weighted by molar-refractivity contribution is -0.388. The van der Waals surface area contributed by atoms with Crippen LogP contribution in [0.4, 0.5) is 10.1 Å². The van der Waals surface area contributed by atoms with Crippen LogP contribution in [0, 0.1) is 29.8 Å². The third-order valence-electron chi connectivity index (χ3n) is 1.58. The lowest BCUT2D eigenvalue weighted by Crippen LogP contribution is -1.96. The van der Waals surface area contributed by atoms with Gasteiger partial charge in [-0.3, -0.25) is 10.1 Å². The van der Waals surface area contributed by atoms with Crippen molar-refractivity contribution in [1.29, 1.82) is 0 Å². The van der Waals surface area contributed by atoms with Gasteiger partial charge in [0.1, 0.15) is 0 Å². The number of hydrogen-bond acceptors (Lipinski definition) is 2. The molecule has 64 valence electrons. The van der Waals surface area contributed by atoms with Crippen molar-refractivity contribution >= 4 is 5.69 Å². The summed E-state index contributed by atoms with van der Waals surface area (Å²) in [5.74, 6) is -0.766. The number of nitrogens with zero attached hydrogens (tertiary/aromatic N) is 1. The Balaban J connectivity index is 3.38. The Bertz CT molecular complexity index is 313. The summed E-state index contributed by atoms with van der Waals surface area (Å²) in [4.78, 5) is 9.62. The van der Waals surface area contributed by atoms with Gasteiger partial charge in [0.15, 0.2) is 0 Å². The Morgan fingerprint density at radius 3 is 2.42 bits per heavy atom. The smallest absolute Gasteiger partial charge is 0.258 e. The van der Waals surface area contributed by atoms with E-state index in [1.54, 1.807) is 13.0 Å². The minimum atomic E-state index is -0.766. The highest BCUT2D eigenvalue weighted by molar-refractivity contribution is 5.42. The second kappa shape index (κ2) is 2.89. The molecular formula is C8H8FNO2. The molecule has 4 heteroatoms. The van der Waals surface area contributed by atoms with Crippen LogP contribution in [0.5, 0.6) is 0 Å². The van der Waals surface area contributed by atoms with Crippen LogP contribution in [0.2, 0.25) is 0 Å². The van der Waals surface area contributed by atoms with E-state index in [1.807, 2.05) is 0 Å². The zero-order valence-electron chi connectivity index (χ0n) is 6.80. The maximum Gasteiger partial charge on any atom is 0.307 e. The fourth-order valence-corrected chi connectivity index (χ4v) is 1.14. The molecule has 0 saturated carbocycles. The first-order valence-corrected chi connectivity index (χ1v) is 3.43. The van der Waals surface area contributed by atoms with Gasteiger partial charge in [0.25, 0.3) is 0 Å². The summed E-state index contributed by atoms with van der Waals surface area (Å²) in [6, 6.07) is 2.74. The lowest BCUT2D eigenvalue weighted by atomic mass is 10.1. The summed E-state index contributed by atoms with van der Waals surface area (Å²) in [6.07, 6.45) is 0. The largest absolute Gasteiger partial charge is 0.307 e. The predicted octanol–water partition coefficient (Wildman–Crippen LogP) is 2.35. The summed E-state index contributed by atoms with van der Waals surface area (Å²) in [6.45, 7) is 3.22. The Morgan fingerprint density at radius 1 is 1.42 bits per heavy atom. The summed E-state index contributed by atoms with van der Waals surface area (Å²) < 4.78 is 12.9. The van der Waals surface area contributed by atoms with Crippen LogP contribution in [0.3, 0.4) is 0 Å². The second-order valence-electron chi connectivity index (χ2n) is 2.67. The molecule has 0 N–H and O–H groups in total. The van der Waals surface area contributed by atoms with E-state index in [1.165, 1.54) is 6.92 Å². The molecular weight excluding hydrogens is 161 g/mol. The van der Waals surface area contributed by atoms with Gasteiger partial charge >= 0.3 is 5.69 Å². The van der Waals surface area contributed by atoms with Crippen molar-refractivity contribution in [3.8, 4) is 0 Å². The molecule has 0 saturated heterocycles. The molecule has 0 aliphatic heterocycles. The quantitative estimate of drug-likeness (QED) is 0.478. The molecule has 3 nitrogen and oxygen atoms in total. The topological polar surface area (TPSA) is 43.1 Å². The third kappa shape index (κ3) is 1.42. The first kappa shape index (κ1) is 8.64. The normalized spacial score (nSPS) is 9.92. The van der Waals surface area contributed by atoms with Crippen LogP contribution in [-0.2, 0) is 0 Å². The molecule has 0 fully saturated rings. The fraction of sp³-hybridized carbons (Fsp3) is 0.250. The van der Waals surface area contributed by atoms with Gasteiger partial charge < -0.3 is 0 Å². The zero-order chi connectivity index (χ0) is 9.30. The van der Waals surface area contributed by atoms with Gasteiger partial charge in [-0.05, 0) is 31.5 Å². The number of halogens is 1. The summed E-state index contributed by atoms with van der Waals surface area (Å²) in [7, 11) is 0. The standard InChI is InChI=1S/C8H8FNO2/c1-5-3-6(2)8(10(11)12)7(9)4-5/h3-4H,1-2H3. The number of hydrogen-bond donors (Lipinski definition) is 0. The number of benzene rings is 1. The summed E-state index contributed by atoms with van der Waals surface area (Å²) >= 11 is 0. The molecule has 0 radical (unpaired) electrons. The average Bonchev–Trinajstić information content (AvgIpc) is 1.82. The Hall–Kier alpha value is -1.45. The number of aryl methyl sites for hydroxylation is 2. The van der Waals surface area contributed by atoms with Crippen molar-refractivity contribution in [2.24, 2.45) is 0 Å². The zero-order valence-corrected chi connectivity index (χ0v) is 6.80. The minimum Gasteiger partial charge on any atom is -0.258 e. The molecule has 1 aromatic rings. The molecule has 0 atom stereocenters. The van der Waals surface area contributed by atoms with Crippen molar-refractivity contribution < 1.29 is 9.31 Å². The summed E-state index contributed by atoms with van der Waals surface area (Å²) in [5.41, 5.74) is 0.619. The average molecular weight is 169 g/mol. The minimum absolute atomic E-state index is 0.359. The van der Waals surface area contributed by atoms with E-state index in [0.717, 1.165) is 6.07 Å². The van der Waals surface area contributed by atoms with Crippen LogP contribution < -0.4 is 0 Å². The Morgan fingerprint density at radius 2 is 2.00 bits per heavy atom. The van der Waals surface area contributed by atoms with E-state index in [2.05, 4.69) is 0 Å². The predicted molar refractivity (Wildman–Crippen MR) is 42.5 cm³/mol. The van der Waals surface area contributed by atoms with Gasteiger partial charge in [-0.25, -0.2) is 0 Å². The van der Waals surface area contributed by atoms with E-state index < -0.39 is 16.4 Å². The van der Waals surface area contributed by atoms with Crippen molar-refractivity contribution in [1.82, 2.24) is 0 Å². The summed E-state index contributed by atoms with van der Waals surface area (Å²) in [5, 5.41) is 10.3. The monoisotopic (exact) mass is 169 g/mol. The highest BCUT2D eigenvalue weighted by atomic mass is 19.1. The van der Waals surface area contributed by atoms with Crippen molar-refractivity contribution in [3.05, 3.63) is 39.2 Å². The van der Waals surface area contributed by atoms with E-state index in [-0.39, 0.29) is 0 Å². The highest BCUT2D eigenvalue weighted by Crippen LogP contribution is 2.22. The first-order chi connectivity index (χ1) is 5.52. The van der Waals surface area contributed by atoms with Gasteiger partial charge in [0.2, 0.25) is 5.82 Å². The Labute approximate surface area is 69.0 Å². The van der Waals surface area contributed by atoms with Crippen molar-refractivity contribution in [2.45, 2.75) is 13.8 Å². The van der Waals surface area contributed by atoms with Gasteiger partial charge in [0, 0.05) is 5.56 Å². The maximum atomic E-state index is 12.9. The van der Waals surface area contributed by atoms with Crippen LogP contribution in [-0.4, -0.2) is 4.92 Å². The molecule has 1 aromatic carbocycles. The maximum absolute atomic E-state index is 12.9. The van der Waals surface area contributed by atoms with E-state index in [4.69, 9.17) is 0 Å². The number of nitro groups is 1. The fourth-order valence-electron chi connectivity index (χ4n) is 1.14. The molecule has 0 unspecified atom stereocenters. The van der Waals surface area contributed by atoms with Crippen LogP contribution >= 0.6 is 0 Å². The van der Waals surface area contributed by atoms with Gasteiger partial charge in [-0.2, -0.15) is 4.39 Å². The molecule has 0 aliphatic carbocycles. The number of nitro benzene ring substituents is 1. The molecule has 0 spiro atoms. The van der Waals surface area contributed by atoms with E-state index >= 15 is 0 Å². The van der Waals surface area contributed by atoms with Crippen LogP contribution in [0.1, 0.15) is 11.1 Å². The second-order valence-corrected chi connectivity index (χ2v) is 2.67. The molecule has 0 bridgehead atoms. The SMILES string of the molecule is Cc1cc(C)c([N+](=O)[O-])c(F)c1. The molecule has 0 heterocycles. The van der Waals surface area contributed by atoms with Gasteiger partial charge in [-0.1, -0.05) is 0 Å². The van der Waals surface area contributed by atoms with E-state index in [0.29, 0.717) is 11.1 Å².